The summed E-state index contributed by atoms with van der Waals surface area (Å²) in [5.74, 6) is -3.24. The van der Waals surface area contributed by atoms with Crippen LogP contribution in [0.4, 0.5) is 11.4 Å². The van der Waals surface area contributed by atoms with E-state index in [0.717, 1.165) is 6.07 Å². The molecule has 0 aliphatic rings. The molecule has 10 nitrogen and oxygen atoms in total. The normalized spacial score (nSPS) is 10.9. The van der Waals surface area contributed by atoms with Gasteiger partial charge in [-0.2, -0.15) is 5.43 Å². The van der Waals surface area contributed by atoms with Gasteiger partial charge in [0.05, 0.1) is 10.0 Å². The molecule has 0 aliphatic carbocycles. The average Bonchev–Trinajstić information content (AvgIpc) is 2.29. The molecule has 2 N–H and O–H groups in total. The van der Waals surface area contributed by atoms with Crippen molar-refractivity contribution in [1.82, 2.24) is 0 Å². The minimum Gasteiger partial charge on any atom is -0.472 e. The zero-order valence-corrected chi connectivity index (χ0v) is 10.5. The monoisotopic (exact) mass is 332 g/mol. The smallest absolute Gasteiger partial charge is 0.472 e. The summed E-state index contributed by atoms with van der Waals surface area (Å²) in [5.41, 5.74) is 1.40. The maximum atomic E-state index is 10.7. The van der Waals surface area contributed by atoms with Crippen LogP contribution in [-0.4, -0.2) is 26.8 Å². The Morgan fingerprint density at radius 3 is 2.47 bits per heavy atom. The highest BCUT2D eigenvalue weighted by Crippen LogP contribution is 2.27. The molecule has 0 bridgehead atoms. The summed E-state index contributed by atoms with van der Waals surface area (Å²) in [4.78, 5) is 29.6. The zero-order valence-electron chi connectivity index (χ0n) is 8.94. The van der Waals surface area contributed by atoms with E-state index >= 15 is 0 Å². The number of nitrogens with zero attached hydrogens (tertiary/aromatic N) is 3. The molecule has 0 amide bonds. The molecule has 19 heavy (non-hydrogen) atoms. The highest BCUT2D eigenvalue weighted by atomic mass is 79.9. The van der Waals surface area contributed by atoms with Gasteiger partial charge in [-0.05, 0) is 17.1 Å². The molecule has 0 spiro atoms. The van der Waals surface area contributed by atoms with Crippen molar-refractivity contribution in [3.05, 3.63) is 42.9 Å². The first-order valence-corrected chi connectivity index (χ1v) is 5.27. The fourth-order valence-electron chi connectivity index (χ4n) is 1.03. The largest absolute Gasteiger partial charge is 0.473 e. The fraction of sp³-hybridized carbons (Fsp3) is 0. The number of hydrazone groups is 1. The van der Waals surface area contributed by atoms with Crippen molar-refractivity contribution in [1.29, 1.82) is 0 Å². The number of anilines is 1. The lowest BCUT2D eigenvalue weighted by Crippen LogP contribution is -2.23. The molecule has 11 heteroatoms. The summed E-state index contributed by atoms with van der Waals surface area (Å²) >= 11 is 3.02. The fourth-order valence-corrected chi connectivity index (χ4v) is 1.38. The van der Waals surface area contributed by atoms with Crippen LogP contribution < -0.4 is 5.43 Å². The van der Waals surface area contributed by atoms with Gasteiger partial charge in [0.15, 0.2) is 5.69 Å². The van der Waals surface area contributed by atoms with E-state index < -0.39 is 27.3 Å². The second-order valence-electron chi connectivity index (χ2n) is 3.03. The van der Waals surface area contributed by atoms with Crippen LogP contribution in [0.1, 0.15) is 0 Å². The van der Waals surface area contributed by atoms with E-state index in [0.29, 0.717) is 4.47 Å². The van der Waals surface area contributed by atoms with Crippen LogP contribution in [0.3, 0.4) is 0 Å². The van der Waals surface area contributed by atoms with Crippen molar-refractivity contribution < 1.29 is 19.7 Å². The lowest BCUT2D eigenvalue weighted by Gasteiger charge is -1.99. The molecule has 0 radical (unpaired) electrons. The Kier molecular flexibility index (Phi) is 4.47. The third-order valence-electron chi connectivity index (χ3n) is 1.80. The van der Waals surface area contributed by atoms with Gasteiger partial charge in [0.2, 0.25) is 0 Å². The Labute approximate surface area is 113 Å². The summed E-state index contributed by atoms with van der Waals surface area (Å²) in [6.07, 6.45) is 0. The number of nitro groups is 2. The van der Waals surface area contributed by atoms with Gasteiger partial charge < -0.3 is 15.2 Å². The number of carboxylic acids is 1. The van der Waals surface area contributed by atoms with Gasteiger partial charge in [-0.1, -0.05) is 15.9 Å². The summed E-state index contributed by atoms with van der Waals surface area (Å²) in [5, 5.41) is 32.6. The van der Waals surface area contributed by atoms with Crippen LogP contribution in [0.25, 0.3) is 0 Å². The number of benzene rings is 1. The standard InChI is InChI=1S/C8H5BrN4O6/c9-4-1-2-5(6(3-4)12(16)17)10-11-7(8(14)15)13(18)19/h1-3,10H,(H,14,15)/b11-7-. The van der Waals surface area contributed by atoms with E-state index in [9.17, 15) is 25.0 Å². The second kappa shape index (κ2) is 5.86. The first-order valence-electron chi connectivity index (χ1n) is 4.48. The molecule has 1 aromatic rings. The van der Waals surface area contributed by atoms with Crippen LogP contribution in [0.5, 0.6) is 0 Å². The van der Waals surface area contributed by atoms with Crippen molar-refractivity contribution in [2.45, 2.75) is 0 Å². The first kappa shape index (κ1) is 14.5. The predicted octanol–water partition coefficient (Wildman–Crippen LogP) is 1.44. The van der Waals surface area contributed by atoms with Crippen molar-refractivity contribution in [2.75, 3.05) is 5.43 Å². The molecule has 0 heterocycles. The molecule has 0 fully saturated rings. The molecule has 1 rings (SSSR count). The van der Waals surface area contributed by atoms with Crippen molar-refractivity contribution in [3.63, 3.8) is 0 Å². The number of rotatable bonds is 3. The summed E-state index contributed by atoms with van der Waals surface area (Å²) in [6.45, 7) is 0. The minimum absolute atomic E-state index is 0.172. The quantitative estimate of drug-likeness (QED) is 0.368. The number of aliphatic carboxylic acids is 1. The molecule has 0 atom stereocenters. The number of halogens is 1. The minimum atomic E-state index is -1.86. The number of nitrogens with one attached hydrogen (secondary N) is 1. The highest BCUT2D eigenvalue weighted by Gasteiger charge is 2.24. The van der Waals surface area contributed by atoms with Gasteiger partial charge in [-0.3, -0.25) is 10.1 Å². The number of carboxylic acid groups (broad SMARTS) is 1. The molecular formula is C8H5BrN4O6. The van der Waals surface area contributed by atoms with E-state index in [1.807, 2.05) is 5.43 Å². The Morgan fingerprint density at radius 1 is 1.37 bits per heavy atom. The first-order chi connectivity index (χ1) is 8.82. The summed E-state index contributed by atoms with van der Waals surface area (Å²) in [6, 6.07) is 3.80. The summed E-state index contributed by atoms with van der Waals surface area (Å²) in [7, 11) is 0. The molecule has 0 aliphatic heterocycles. The van der Waals surface area contributed by atoms with Crippen LogP contribution in [0.15, 0.2) is 27.8 Å². The van der Waals surface area contributed by atoms with Crippen LogP contribution in [0.2, 0.25) is 0 Å². The molecule has 100 valence electrons. The van der Waals surface area contributed by atoms with E-state index in [4.69, 9.17) is 5.11 Å². The van der Waals surface area contributed by atoms with Gasteiger partial charge in [0.1, 0.15) is 0 Å². The molecule has 0 saturated heterocycles. The molecule has 0 unspecified atom stereocenters. The Hall–Kier alpha value is -2.56. The lowest BCUT2D eigenvalue weighted by atomic mass is 10.3. The van der Waals surface area contributed by atoms with Crippen LogP contribution in [0, 0.1) is 20.2 Å². The third-order valence-corrected chi connectivity index (χ3v) is 2.30. The maximum absolute atomic E-state index is 10.7. The van der Waals surface area contributed by atoms with E-state index in [2.05, 4.69) is 21.0 Å². The zero-order chi connectivity index (χ0) is 14.6. The van der Waals surface area contributed by atoms with Gasteiger partial charge in [-0.15, -0.1) is 0 Å². The molecule has 1 aromatic carbocycles. The topological polar surface area (TPSA) is 148 Å². The molecule has 0 aromatic heterocycles. The number of amidine groups is 1. The Bertz CT molecular complexity index is 571. The second-order valence-corrected chi connectivity index (χ2v) is 3.94. The number of carbonyl (C=O) groups is 1. The Balaban J connectivity index is 3.13. The van der Waals surface area contributed by atoms with Gasteiger partial charge in [0, 0.05) is 10.5 Å². The van der Waals surface area contributed by atoms with Crippen molar-refractivity contribution in [2.24, 2.45) is 5.10 Å². The maximum Gasteiger partial charge on any atom is 0.473 e. The van der Waals surface area contributed by atoms with E-state index in [1.165, 1.54) is 12.1 Å². The summed E-state index contributed by atoms with van der Waals surface area (Å²) < 4.78 is 0.418. The number of nitro benzene ring substituents is 1. The van der Waals surface area contributed by atoms with Gasteiger partial charge >= 0.3 is 11.8 Å². The highest BCUT2D eigenvalue weighted by molar-refractivity contribution is 9.10. The van der Waals surface area contributed by atoms with Crippen LogP contribution in [-0.2, 0) is 4.79 Å². The lowest BCUT2D eigenvalue weighted by molar-refractivity contribution is -0.384. The predicted molar refractivity (Wildman–Crippen MR) is 66.5 cm³/mol. The molecular weight excluding hydrogens is 328 g/mol. The average molecular weight is 333 g/mol. The van der Waals surface area contributed by atoms with Crippen molar-refractivity contribution >= 4 is 39.1 Å². The third kappa shape index (κ3) is 3.70. The number of hydrogen-bond donors (Lipinski definition) is 2. The Morgan fingerprint density at radius 2 is 2.00 bits per heavy atom. The van der Waals surface area contributed by atoms with Crippen LogP contribution >= 0.6 is 15.9 Å². The van der Waals surface area contributed by atoms with Gasteiger partial charge in [-0.25, -0.2) is 4.79 Å². The SMILES string of the molecule is O=C(O)/C(=N/Nc1ccc(Br)cc1[N+](=O)[O-])[N+](=O)[O-]. The molecule has 0 saturated carbocycles. The van der Waals surface area contributed by atoms with Crippen molar-refractivity contribution in [3.8, 4) is 0 Å². The van der Waals surface area contributed by atoms with Gasteiger partial charge in [0.25, 0.3) is 5.69 Å². The van der Waals surface area contributed by atoms with E-state index in [1.54, 1.807) is 0 Å². The van der Waals surface area contributed by atoms with E-state index in [-0.39, 0.29) is 5.69 Å². The number of hydrogen-bond acceptors (Lipinski definition) is 7.